The van der Waals surface area contributed by atoms with Crippen LogP contribution in [0.25, 0.3) is 10.9 Å². The Balaban J connectivity index is 2.03. The van der Waals surface area contributed by atoms with Crippen LogP contribution in [-0.4, -0.2) is 16.9 Å². The minimum absolute atomic E-state index is 0.496. The molecule has 0 aliphatic carbocycles. The molecule has 1 atom stereocenters. The second-order valence-corrected chi connectivity index (χ2v) is 4.98. The molecule has 0 spiro atoms. The van der Waals surface area contributed by atoms with Crippen LogP contribution in [0, 0.1) is 0 Å². The quantitative estimate of drug-likeness (QED) is 0.803. The lowest BCUT2D eigenvalue weighted by Crippen LogP contribution is -2.25. The van der Waals surface area contributed by atoms with Crippen LogP contribution >= 0.6 is 11.6 Å². The number of para-hydroxylation sites is 1. The van der Waals surface area contributed by atoms with E-state index < -0.39 is 0 Å². The Morgan fingerprint density at radius 3 is 2.94 bits per heavy atom. The van der Waals surface area contributed by atoms with Gasteiger partial charge in [0.05, 0.1) is 5.52 Å². The van der Waals surface area contributed by atoms with E-state index in [1.807, 2.05) is 12.3 Å². The molecule has 0 amide bonds. The van der Waals surface area contributed by atoms with Crippen molar-refractivity contribution in [3.05, 3.63) is 42.1 Å². The smallest absolute Gasteiger partial charge is 0.0705 e. The van der Waals surface area contributed by atoms with Crippen molar-refractivity contribution in [1.29, 1.82) is 0 Å². The predicted molar refractivity (Wildman–Crippen MR) is 78.0 cm³/mol. The zero-order valence-electron chi connectivity index (χ0n) is 10.7. The lowest BCUT2D eigenvalue weighted by atomic mass is 10.1. The van der Waals surface area contributed by atoms with E-state index in [1.165, 1.54) is 10.9 Å². The molecule has 0 aliphatic rings. The summed E-state index contributed by atoms with van der Waals surface area (Å²) in [6.45, 7) is 3.09. The van der Waals surface area contributed by atoms with Crippen molar-refractivity contribution < 1.29 is 0 Å². The largest absolute Gasteiger partial charge is 0.310 e. The summed E-state index contributed by atoms with van der Waals surface area (Å²) in [5.41, 5.74) is 2.36. The van der Waals surface area contributed by atoms with Crippen molar-refractivity contribution in [2.45, 2.75) is 32.4 Å². The average Bonchev–Trinajstić information content (AvgIpc) is 2.42. The summed E-state index contributed by atoms with van der Waals surface area (Å²) in [6, 6.07) is 10.8. The van der Waals surface area contributed by atoms with Gasteiger partial charge in [-0.25, -0.2) is 0 Å². The van der Waals surface area contributed by atoms with Gasteiger partial charge in [-0.1, -0.05) is 18.2 Å². The molecule has 2 nitrogen and oxygen atoms in total. The first kappa shape index (κ1) is 13.3. The van der Waals surface area contributed by atoms with Gasteiger partial charge in [-0.05, 0) is 37.5 Å². The van der Waals surface area contributed by atoms with Crippen LogP contribution in [0.4, 0.5) is 0 Å². The molecule has 0 saturated carbocycles. The van der Waals surface area contributed by atoms with Crippen molar-refractivity contribution in [2.24, 2.45) is 0 Å². The van der Waals surface area contributed by atoms with E-state index in [4.69, 9.17) is 11.6 Å². The van der Waals surface area contributed by atoms with Crippen LogP contribution in [0.1, 0.15) is 25.3 Å². The molecule has 1 N–H and O–H groups in total. The SMILES string of the molecule is CC(CCCCl)NCc1ccnc2ccccc12. The molecule has 2 rings (SSSR count). The molecule has 0 radical (unpaired) electrons. The highest BCUT2D eigenvalue weighted by Gasteiger charge is 2.04. The third-order valence-electron chi connectivity index (χ3n) is 3.15. The summed E-state index contributed by atoms with van der Waals surface area (Å²) in [5.74, 6) is 0.740. The molecule has 2 aromatic rings. The molecular formula is C15H19ClN2. The predicted octanol–water partition coefficient (Wildman–Crippen LogP) is 3.73. The third-order valence-corrected chi connectivity index (χ3v) is 3.42. The van der Waals surface area contributed by atoms with Gasteiger partial charge in [0.2, 0.25) is 0 Å². The Kier molecular flexibility index (Phi) is 4.97. The number of hydrogen-bond acceptors (Lipinski definition) is 2. The number of benzene rings is 1. The zero-order chi connectivity index (χ0) is 12.8. The summed E-state index contributed by atoms with van der Waals surface area (Å²) in [7, 11) is 0. The van der Waals surface area contributed by atoms with E-state index in [1.54, 1.807) is 0 Å². The Bertz CT molecular complexity index is 493. The minimum Gasteiger partial charge on any atom is -0.310 e. The van der Waals surface area contributed by atoms with Gasteiger partial charge in [0.25, 0.3) is 0 Å². The van der Waals surface area contributed by atoms with E-state index in [0.717, 1.165) is 30.8 Å². The van der Waals surface area contributed by atoms with Crippen LogP contribution in [0.5, 0.6) is 0 Å². The Labute approximate surface area is 113 Å². The first-order valence-electron chi connectivity index (χ1n) is 6.43. The van der Waals surface area contributed by atoms with Crippen LogP contribution in [-0.2, 0) is 6.54 Å². The second kappa shape index (κ2) is 6.72. The number of nitrogens with zero attached hydrogens (tertiary/aromatic N) is 1. The molecule has 3 heteroatoms. The topological polar surface area (TPSA) is 24.9 Å². The summed E-state index contributed by atoms with van der Waals surface area (Å²) in [4.78, 5) is 4.37. The average molecular weight is 263 g/mol. The number of rotatable bonds is 6. The molecule has 0 bridgehead atoms. The van der Waals surface area contributed by atoms with E-state index in [-0.39, 0.29) is 0 Å². The number of pyridine rings is 1. The summed E-state index contributed by atoms with van der Waals surface area (Å²) in [5, 5.41) is 4.77. The second-order valence-electron chi connectivity index (χ2n) is 4.60. The Morgan fingerprint density at radius 1 is 1.28 bits per heavy atom. The van der Waals surface area contributed by atoms with Gasteiger partial charge in [0.15, 0.2) is 0 Å². The van der Waals surface area contributed by atoms with Crippen LogP contribution < -0.4 is 5.32 Å². The fourth-order valence-electron chi connectivity index (χ4n) is 2.08. The molecule has 18 heavy (non-hydrogen) atoms. The van der Waals surface area contributed by atoms with Crippen LogP contribution in [0.15, 0.2) is 36.5 Å². The van der Waals surface area contributed by atoms with E-state index in [0.29, 0.717) is 6.04 Å². The highest BCUT2D eigenvalue weighted by Crippen LogP contribution is 2.16. The summed E-state index contributed by atoms with van der Waals surface area (Å²) >= 11 is 5.70. The molecule has 96 valence electrons. The van der Waals surface area contributed by atoms with Gasteiger partial charge >= 0.3 is 0 Å². The van der Waals surface area contributed by atoms with Gasteiger partial charge in [0, 0.05) is 30.0 Å². The molecule has 1 unspecified atom stereocenters. The molecule has 1 aromatic heterocycles. The van der Waals surface area contributed by atoms with Crippen molar-refractivity contribution in [2.75, 3.05) is 5.88 Å². The molecule has 0 fully saturated rings. The number of fused-ring (bicyclic) bond motifs is 1. The molecule has 0 saturated heterocycles. The molecular weight excluding hydrogens is 244 g/mol. The van der Waals surface area contributed by atoms with Crippen molar-refractivity contribution >= 4 is 22.5 Å². The minimum atomic E-state index is 0.496. The standard InChI is InChI=1S/C15H19ClN2/c1-12(5-4-9-16)18-11-13-8-10-17-15-7-3-2-6-14(13)15/h2-3,6-8,10,12,18H,4-5,9,11H2,1H3. The highest BCUT2D eigenvalue weighted by molar-refractivity contribution is 6.17. The fourth-order valence-corrected chi connectivity index (χ4v) is 2.23. The normalized spacial score (nSPS) is 12.8. The van der Waals surface area contributed by atoms with Crippen molar-refractivity contribution in [1.82, 2.24) is 10.3 Å². The number of halogens is 1. The van der Waals surface area contributed by atoms with E-state index >= 15 is 0 Å². The van der Waals surface area contributed by atoms with Gasteiger partial charge in [-0.15, -0.1) is 11.6 Å². The fraction of sp³-hybridized carbons (Fsp3) is 0.400. The monoisotopic (exact) mass is 262 g/mol. The van der Waals surface area contributed by atoms with E-state index in [9.17, 15) is 0 Å². The van der Waals surface area contributed by atoms with E-state index in [2.05, 4.69) is 41.5 Å². The molecule has 1 aromatic carbocycles. The lowest BCUT2D eigenvalue weighted by molar-refractivity contribution is 0.510. The maximum atomic E-state index is 5.70. The van der Waals surface area contributed by atoms with Crippen LogP contribution in [0.2, 0.25) is 0 Å². The highest BCUT2D eigenvalue weighted by atomic mass is 35.5. The number of aromatic nitrogens is 1. The number of hydrogen-bond donors (Lipinski definition) is 1. The maximum Gasteiger partial charge on any atom is 0.0705 e. The molecule has 0 aliphatic heterocycles. The van der Waals surface area contributed by atoms with Gasteiger partial charge in [0.1, 0.15) is 0 Å². The number of nitrogens with one attached hydrogen (secondary N) is 1. The summed E-state index contributed by atoms with van der Waals surface area (Å²) in [6.07, 6.45) is 4.06. The van der Waals surface area contributed by atoms with Gasteiger partial charge in [-0.2, -0.15) is 0 Å². The number of alkyl halides is 1. The first-order valence-corrected chi connectivity index (χ1v) is 6.96. The van der Waals surface area contributed by atoms with Crippen molar-refractivity contribution in [3.63, 3.8) is 0 Å². The lowest BCUT2D eigenvalue weighted by Gasteiger charge is -2.14. The summed E-state index contributed by atoms with van der Waals surface area (Å²) < 4.78 is 0. The van der Waals surface area contributed by atoms with Crippen LogP contribution in [0.3, 0.4) is 0 Å². The maximum absolute atomic E-state index is 5.70. The Hall–Kier alpha value is -1.12. The van der Waals surface area contributed by atoms with Gasteiger partial charge < -0.3 is 5.32 Å². The van der Waals surface area contributed by atoms with Gasteiger partial charge in [-0.3, -0.25) is 4.98 Å². The zero-order valence-corrected chi connectivity index (χ0v) is 11.5. The Morgan fingerprint density at radius 2 is 2.11 bits per heavy atom. The first-order chi connectivity index (χ1) is 8.81. The third kappa shape index (κ3) is 3.44. The molecule has 1 heterocycles. The van der Waals surface area contributed by atoms with Crippen molar-refractivity contribution in [3.8, 4) is 0 Å².